The van der Waals surface area contributed by atoms with Crippen molar-refractivity contribution in [1.82, 2.24) is 5.32 Å². The molecule has 0 aliphatic heterocycles. The minimum atomic E-state index is -0.175. The van der Waals surface area contributed by atoms with Gasteiger partial charge in [0, 0.05) is 12.5 Å². The number of carbonyl (C=O) groups is 1. The van der Waals surface area contributed by atoms with Crippen molar-refractivity contribution in [3.63, 3.8) is 0 Å². The van der Waals surface area contributed by atoms with Gasteiger partial charge in [-0.05, 0) is 37.0 Å². The van der Waals surface area contributed by atoms with Crippen LogP contribution in [-0.4, -0.2) is 11.9 Å². The second-order valence-electron chi connectivity index (χ2n) is 4.65. The number of amides is 1. The van der Waals surface area contributed by atoms with Crippen LogP contribution in [0.3, 0.4) is 0 Å². The highest BCUT2D eigenvalue weighted by molar-refractivity contribution is 5.77. The maximum Gasteiger partial charge on any atom is 0.222 e. The van der Waals surface area contributed by atoms with Crippen molar-refractivity contribution in [2.45, 2.75) is 38.3 Å². The van der Waals surface area contributed by atoms with Crippen LogP contribution in [0.4, 0.5) is 4.39 Å². The molecule has 1 aromatic rings. The third-order valence-corrected chi connectivity index (χ3v) is 3.06. The normalized spacial score (nSPS) is 19.8. The van der Waals surface area contributed by atoms with Gasteiger partial charge in [-0.1, -0.05) is 12.1 Å². The third kappa shape index (κ3) is 2.64. The van der Waals surface area contributed by atoms with Gasteiger partial charge in [0.05, 0.1) is 6.04 Å². The Kier molecular flexibility index (Phi) is 3.43. The van der Waals surface area contributed by atoms with E-state index in [1.54, 1.807) is 13.0 Å². The van der Waals surface area contributed by atoms with Crippen molar-refractivity contribution in [3.8, 4) is 0 Å². The zero-order valence-electron chi connectivity index (χ0n) is 9.87. The molecule has 0 spiro atoms. The topological polar surface area (TPSA) is 55.1 Å². The smallest absolute Gasteiger partial charge is 0.222 e. The van der Waals surface area contributed by atoms with Crippen LogP contribution in [0.25, 0.3) is 0 Å². The number of nitrogens with one attached hydrogen (secondary N) is 1. The van der Waals surface area contributed by atoms with E-state index < -0.39 is 0 Å². The zero-order valence-corrected chi connectivity index (χ0v) is 9.87. The van der Waals surface area contributed by atoms with Crippen molar-refractivity contribution in [1.29, 1.82) is 0 Å². The number of nitrogens with two attached hydrogens (primary N) is 1. The van der Waals surface area contributed by atoms with Crippen LogP contribution >= 0.6 is 0 Å². The molecule has 3 N–H and O–H groups in total. The highest BCUT2D eigenvalue weighted by Crippen LogP contribution is 2.32. The first-order chi connectivity index (χ1) is 8.08. The number of hydrogen-bond acceptors (Lipinski definition) is 2. The SMILES string of the molecule is CC(N)CC(=O)NC1CCc2c(F)cccc21. The Morgan fingerprint density at radius 1 is 1.65 bits per heavy atom. The summed E-state index contributed by atoms with van der Waals surface area (Å²) >= 11 is 0. The molecule has 4 heteroatoms. The van der Waals surface area contributed by atoms with E-state index in [0.717, 1.165) is 17.5 Å². The molecule has 2 atom stereocenters. The molecule has 1 amide bonds. The van der Waals surface area contributed by atoms with Crippen LogP contribution in [0.2, 0.25) is 0 Å². The largest absolute Gasteiger partial charge is 0.349 e. The molecule has 0 bridgehead atoms. The van der Waals surface area contributed by atoms with Crippen molar-refractivity contribution in [2.24, 2.45) is 5.73 Å². The second-order valence-corrected chi connectivity index (χ2v) is 4.65. The van der Waals surface area contributed by atoms with Crippen LogP contribution in [0.15, 0.2) is 18.2 Å². The monoisotopic (exact) mass is 236 g/mol. The lowest BCUT2D eigenvalue weighted by Gasteiger charge is -2.15. The zero-order chi connectivity index (χ0) is 12.4. The summed E-state index contributed by atoms with van der Waals surface area (Å²) in [6.07, 6.45) is 1.76. The fraction of sp³-hybridized carbons (Fsp3) is 0.462. The fourth-order valence-corrected chi connectivity index (χ4v) is 2.31. The van der Waals surface area contributed by atoms with Crippen LogP contribution in [-0.2, 0) is 11.2 Å². The summed E-state index contributed by atoms with van der Waals surface area (Å²) in [4.78, 5) is 11.6. The van der Waals surface area contributed by atoms with Gasteiger partial charge in [0.15, 0.2) is 0 Å². The van der Waals surface area contributed by atoms with Gasteiger partial charge < -0.3 is 11.1 Å². The van der Waals surface area contributed by atoms with E-state index in [0.29, 0.717) is 12.8 Å². The van der Waals surface area contributed by atoms with Crippen LogP contribution < -0.4 is 11.1 Å². The molecular weight excluding hydrogens is 219 g/mol. The van der Waals surface area contributed by atoms with Crippen molar-refractivity contribution in [2.75, 3.05) is 0 Å². The summed E-state index contributed by atoms with van der Waals surface area (Å²) < 4.78 is 13.5. The lowest BCUT2D eigenvalue weighted by molar-refractivity contribution is -0.122. The first-order valence-corrected chi connectivity index (χ1v) is 5.90. The molecule has 3 nitrogen and oxygen atoms in total. The quantitative estimate of drug-likeness (QED) is 0.838. The molecule has 0 saturated heterocycles. The highest BCUT2D eigenvalue weighted by atomic mass is 19.1. The predicted molar refractivity (Wildman–Crippen MR) is 63.9 cm³/mol. The van der Waals surface area contributed by atoms with E-state index in [4.69, 9.17) is 5.73 Å². The number of rotatable bonds is 3. The molecule has 1 aliphatic carbocycles. The first-order valence-electron chi connectivity index (χ1n) is 5.90. The van der Waals surface area contributed by atoms with Gasteiger partial charge in [-0.15, -0.1) is 0 Å². The lowest BCUT2D eigenvalue weighted by atomic mass is 10.1. The summed E-state index contributed by atoms with van der Waals surface area (Å²) in [7, 11) is 0. The summed E-state index contributed by atoms with van der Waals surface area (Å²) in [5, 5.41) is 2.91. The number of carbonyl (C=O) groups excluding carboxylic acids is 1. The minimum absolute atomic E-state index is 0.0630. The Morgan fingerprint density at radius 3 is 3.12 bits per heavy atom. The predicted octanol–water partition coefficient (Wildman–Crippen LogP) is 1.67. The Hall–Kier alpha value is -1.42. The van der Waals surface area contributed by atoms with E-state index in [1.807, 2.05) is 6.07 Å². The van der Waals surface area contributed by atoms with Gasteiger partial charge in [0.2, 0.25) is 5.91 Å². The molecule has 2 unspecified atom stereocenters. The number of hydrogen-bond donors (Lipinski definition) is 2. The van der Waals surface area contributed by atoms with E-state index in [-0.39, 0.29) is 23.8 Å². The van der Waals surface area contributed by atoms with E-state index in [2.05, 4.69) is 5.32 Å². The average Bonchev–Trinajstić information content (AvgIpc) is 2.62. The molecule has 0 heterocycles. The summed E-state index contributed by atoms with van der Waals surface area (Å²) in [5.41, 5.74) is 7.21. The Labute approximate surface area is 100 Å². The molecule has 0 aromatic heterocycles. The van der Waals surface area contributed by atoms with Gasteiger partial charge in [-0.3, -0.25) is 4.79 Å². The minimum Gasteiger partial charge on any atom is -0.349 e. The van der Waals surface area contributed by atoms with Crippen LogP contribution in [0.5, 0.6) is 0 Å². The molecule has 1 aromatic carbocycles. The van der Waals surface area contributed by atoms with Gasteiger partial charge >= 0.3 is 0 Å². The summed E-state index contributed by atoms with van der Waals surface area (Å²) in [5.74, 6) is -0.242. The van der Waals surface area contributed by atoms with Gasteiger partial charge in [-0.25, -0.2) is 4.39 Å². The molecular formula is C13H17FN2O. The lowest BCUT2D eigenvalue weighted by Crippen LogP contribution is -2.32. The van der Waals surface area contributed by atoms with Crippen LogP contribution in [0.1, 0.15) is 36.9 Å². The number of fused-ring (bicyclic) bond motifs is 1. The first kappa shape index (κ1) is 12.0. The maximum absolute atomic E-state index is 13.5. The number of halogens is 1. The second kappa shape index (κ2) is 4.84. The van der Waals surface area contributed by atoms with E-state index in [1.165, 1.54) is 6.07 Å². The summed E-state index contributed by atoms with van der Waals surface area (Å²) in [6, 6.07) is 4.81. The summed E-state index contributed by atoms with van der Waals surface area (Å²) in [6.45, 7) is 1.79. The third-order valence-electron chi connectivity index (χ3n) is 3.06. The van der Waals surface area contributed by atoms with Crippen LogP contribution in [0, 0.1) is 5.82 Å². The van der Waals surface area contributed by atoms with Gasteiger partial charge in [0.1, 0.15) is 5.82 Å². The van der Waals surface area contributed by atoms with E-state index >= 15 is 0 Å². The molecule has 1 aliphatic rings. The molecule has 0 fully saturated rings. The fourth-order valence-electron chi connectivity index (χ4n) is 2.31. The van der Waals surface area contributed by atoms with Crippen molar-refractivity contribution in [3.05, 3.63) is 35.1 Å². The molecule has 92 valence electrons. The van der Waals surface area contributed by atoms with Gasteiger partial charge in [0.25, 0.3) is 0 Å². The molecule has 17 heavy (non-hydrogen) atoms. The Balaban J connectivity index is 2.07. The standard InChI is InChI=1S/C13H17FN2O/c1-8(15)7-13(17)16-12-6-5-9-10(12)3-2-4-11(9)14/h2-4,8,12H,5-7,15H2,1H3,(H,16,17). The highest BCUT2D eigenvalue weighted by Gasteiger charge is 2.25. The number of benzene rings is 1. The molecule has 0 radical (unpaired) electrons. The van der Waals surface area contributed by atoms with Gasteiger partial charge in [-0.2, -0.15) is 0 Å². The van der Waals surface area contributed by atoms with Crippen molar-refractivity contribution >= 4 is 5.91 Å². The Morgan fingerprint density at radius 2 is 2.41 bits per heavy atom. The average molecular weight is 236 g/mol. The maximum atomic E-state index is 13.5. The molecule has 2 rings (SSSR count). The van der Waals surface area contributed by atoms with E-state index in [9.17, 15) is 9.18 Å². The van der Waals surface area contributed by atoms with Crippen molar-refractivity contribution < 1.29 is 9.18 Å². The Bertz CT molecular complexity index is 431. The molecule has 0 saturated carbocycles.